The second-order valence-corrected chi connectivity index (χ2v) is 7.69. The molecule has 0 radical (unpaired) electrons. The molecule has 0 fully saturated rings. The lowest BCUT2D eigenvalue weighted by Crippen LogP contribution is -2.12. The zero-order valence-electron chi connectivity index (χ0n) is 12.1. The van der Waals surface area contributed by atoms with Crippen LogP contribution in [-0.2, 0) is 16.4 Å². The Hall–Kier alpha value is -1.44. The minimum absolute atomic E-state index is 0.240. The Kier molecular flexibility index (Phi) is 4.97. The molecule has 0 unspecified atom stereocenters. The third-order valence-electron chi connectivity index (χ3n) is 3.15. The molecule has 0 spiro atoms. The molecule has 21 heavy (non-hydrogen) atoms. The summed E-state index contributed by atoms with van der Waals surface area (Å²) >= 11 is 1.33. The van der Waals surface area contributed by atoms with Gasteiger partial charge in [-0.1, -0.05) is 12.1 Å². The van der Waals surface area contributed by atoms with Crippen molar-refractivity contribution in [1.29, 1.82) is 0 Å². The van der Waals surface area contributed by atoms with Crippen molar-refractivity contribution >= 4 is 26.5 Å². The van der Waals surface area contributed by atoms with E-state index in [0.29, 0.717) is 11.7 Å². The van der Waals surface area contributed by atoms with Gasteiger partial charge in [-0.2, -0.15) is 0 Å². The summed E-state index contributed by atoms with van der Waals surface area (Å²) in [5, 5.41) is 0.400. The molecule has 1 heterocycles. The van der Waals surface area contributed by atoms with E-state index in [9.17, 15) is 8.42 Å². The summed E-state index contributed by atoms with van der Waals surface area (Å²) in [4.78, 5) is 5.44. The second kappa shape index (κ2) is 6.55. The first-order valence-electron chi connectivity index (χ1n) is 6.68. The Morgan fingerprint density at radius 3 is 2.43 bits per heavy atom. The van der Waals surface area contributed by atoms with Gasteiger partial charge in [0.2, 0.25) is 0 Å². The van der Waals surface area contributed by atoms with Gasteiger partial charge in [-0.05, 0) is 50.9 Å². The van der Waals surface area contributed by atoms with E-state index in [0.717, 1.165) is 29.0 Å². The van der Waals surface area contributed by atoms with Gasteiger partial charge in [-0.25, -0.2) is 13.4 Å². The molecule has 0 saturated heterocycles. The first-order valence-corrected chi connectivity index (χ1v) is 8.98. The van der Waals surface area contributed by atoms with Crippen LogP contribution in [0.3, 0.4) is 0 Å². The lowest BCUT2D eigenvalue weighted by Gasteiger charge is -2.06. The smallest absolute Gasteiger partial charge is 0.263 e. The number of sulfonamides is 1. The minimum atomic E-state index is -3.58. The van der Waals surface area contributed by atoms with Gasteiger partial charge in [0.25, 0.3) is 10.0 Å². The first kappa shape index (κ1) is 15.9. The minimum Gasteiger partial charge on any atom is -0.330 e. The van der Waals surface area contributed by atoms with Crippen LogP contribution in [0.1, 0.15) is 22.6 Å². The molecule has 2 rings (SSSR count). The van der Waals surface area contributed by atoms with Gasteiger partial charge in [-0.15, -0.1) is 11.3 Å². The van der Waals surface area contributed by atoms with Crippen molar-refractivity contribution in [2.45, 2.75) is 31.6 Å². The summed E-state index contributed by atoms with van der Waals surface area (Å²) in [5.41, 5.74) is 7.39. The summed E-state index contributed by atoms with van der Waals surface area (Å²) < 4.78 is 27.1. The van der Waals surface area contributed by atoms with Crippen molar-refractivity contribution < 1.29 is 8.42 Å². The molecule has 114 valence electrons. The predicted molar refractivity (Wildman–Crippen MR) is 86.2 cm³/mol. The maximum Gasteiger partial charge on any atom is 0.263 e. The van der Waals surface area contributed by atoms with E-state index < -0.39 is 10.0 Å². The van der Waals surface area contributed by atoms with E-state index in [1.165, 1.54) is 11.3 Å². The maximum atomic E-state index is 12.3. The van der Waals surface area contributed by atoms with Crippen LogP contribution >= 0.6 is 11.3 Å². The van der Waals surface area contributed by atoms with E-state index in [1.54, 1.807) is 12.1 Å². The fraction of sp³-hybridized carbons (Fsp3) is 0.357. The fourth-order valence-electron chi connectivity index (χ4n) is 1.83. The number of rotatable bonds is 6. The number of anilines is 1. The summed E-state index contributed by atoms with van der Waals surface area (Å²) in [5.74, 6) is 0. The number of hydrogen-bond acceptors (Lipinski definition) is 5. The van der Waals surface area contributed by atoms with E-state index in [-0.39, 0.29) is 4.90 Å². The molecule has 2 aromatic rings. The zero-order chi connectivity index (χ0) is 15.5. The molecular formula is C14H19N3O2S2. The fourth-order valence-corrected chi connectivity index (χ4v) is 3.88. The Bertz CT molecular complexity index is 687. The monoisotopic (exact) mass is 325 g/mol. The summed E-state index contributed by atoms with van der Waals surface area (Å²) in [6.45, 7) is 4.40. The quantitative estimate of drug-likeness (QED) is 0.854. The van der Waals surface area contributed by atoms with Crippen molar-refractivity contribution in [2.75, 3.05) is 11.3 Å². The largest absolute Gasteiger partial charge is 0.330 e. The molecule has 0 saturated carbocycles. The number of thiazole rings is 1. The predicted octanol–water partition coefficient (Wildman–Crippen LogP) is 2.45. The van der Waals surface area contributed by atoms with Gasteiger partial charge in [0.15, 0.2) is 5.13 Å². The Balaban J connectivity index is 2.15. The Morgan fingerprint density at radius 2 is 1.90 bits per heavy atom. The number of nitrogens with two attached hydrogens (primary N) is 1. The van der Waals surface area contributed by atoms with Crippen LogP contribution in [0.4, 0.5) is 5.13 Å². The molecule has 0 amide bonds. The number of aromatic nitrogens is 1. The number of nitrogens with zero attached hydrogens (tertiary/aromatic N) is 1. The Labute approximate surface area is 129 Å². The molecule has 0 aliphatic heterocycles. The highest BCUT2D eigenvalue weighted by molar-refractivity contribution is 7.93. The molecule has 5 nitrogen and oxygen atoms in total. The van der Waals surface area contributed by atoms with Crippen LogP contribution in [0.15, 0.2) is 29.2 Å². The molecule has 3 N–H and O–H groups in total. The average molecular weight is 325 g/mol. The van der Waals surface area contributed by atoms with E-state index >= 15 is 0 Å². The van der Waals surface area contributed by atoms with Gasteiger partial charge >= 0.3 is 0 Å². The number of benzene rings is 1. The van der Waals surface area contributed by atoms with Crippen LogP contribution < -0.4 is 10.5 Å². The average Bonchev–Trinajstić information content (AvgIpc) is 2.74. The lowest BCUT2D eigenvalue weighted by atomic mass is 10.1. The van der Waals surface area contributed by atoms with E-state index in [4.69, 9.17) is 5.73 Å². The zero-order valence-corrected chi connectivity index (χ0v) is 13.7. The van der Waals surface area contributed by atoms with Gasteiger partial charge in [0.05, 0.1) is 10.6 Å². The molecule has 1 aromatic carbocycles. The highest BCUT2D eigenvalue weighted by Crippen LogP contribution is 2.24. The first-order chi connectivity index (χ1) is 9.92. The van der Waals surface area contributed by atoms with Gasteiger partial charge in [0, 0.05) is 4.88 Å². The number of nitrogens with one attached hydrogen (secondary N) is 1. The van der Waals surface area contributed by atoms with Crippen molar-refractivity contribution in [3.63, 3.8) is 0 Å². The van der Waals surface area contributed by atoms with E-state index in [1.807, 2.05) is 26.0 Å². The molecule has 0 atom stereocenters. The molecule has 0 aliphatic rings. The molecule has 0 bridgehead atoms. The molecule has 1 aromatic heterocycles. The second-order valence-electron chi connectivity index (χ2n) is 4.80. The van der Waals surface area contributed by atoms with Crippen molar-refractivity contribution in [1.82, 2.24) is 4.98 Å². The molecular weight excluding hydrogens is 306 g/mol. The van der Waals surface area contributed by atoms with Crippen LogP contribution in [0, 0.1) is 13.8 Å². The summed E-state index contributed by atoms with van der Waals surface area (Å²) in [6, 6.07) is 6.87. The highest BCUT2D eigenvalue weighted by Gasteiger charge is 2.16. The van der Waals surface area contributed by atoms with Crippen molar-refractivity contribution in [2.24, 2.45) is 5.73 Å². The van der Waals surface area contributed by atoms with Crippen LogP contribution in [-0.4, -0.2) is 19.9 Å². The summed E-state index contributed by atoms with van der Waals surface area (Å²) in [6.07, 6.45) is 1.75. The van der Waals surface area contributed by atoms with Gasteiger partial charge < -0.3 is 5.73 Å². The topological polar surface area (TPSA) is 85.1 Å². The molecule has 7 heteroatoms. The van der Waals surface area contributed by atoms with Gasteiger partial charge in [-0.3, -0.25) is 4.72 Å². The lowest BCUT2D eigenvalue weighted by molar-refractivity contribution is 0.601. The SMILES string of the molecule is Cc1nc(NS(=O)(=O)c2ccc(CCCN)cc2)sc1C. The molecule has 0 aliphatic carbocycles. The van der Waals surface area contributed by atoms with Crippen molar-refractivity contribution in [3.8, 4) is 0 Å². The van der Waals surface area contributed by atoms with E-state index in [2.05, 4.69) is 9.71 Å². The third-order valence-corrected chi connectivity index (χ3v) is 5.63. The Morgan fingerprint density at radius 1 is 1.24 bits per heavy atom. The third kappa shape index (κ3) is 4.03. The van der Waals surface area contributed by atoms with Crippen LogP contribution in [0.25, 0.3) is 0 Å². The normalized spacial score (nSPS) is 11.6. The van der Waals surface area contributed by atoms with Crippen molar-refractivity contribution in [3.05, 3.63) is 40.4 Å². The standard InChI is InChI=1S/C14H19N3O2S2/c1-10-11(2)20-14(16-10)17-21(18,19)13-7-5-12(6-8-13)4-3-9-15/h5-8H,3-4,9,15H2,1-2H3,(H,16,17). The highest BCUT2D eigenvalue weighted by atomic mass is 32.2. The summed E-state index contributed by atoms with van der Waals surface area (Å²) in [7, 11) is -3.58. The van der Waals surface area contributed by atoms with Crippen LogP contribution in [0.5, 0.6) is 0 Å². The number of aryl methyl sites for hydroxylation is 3. The number of hydrogen-bond donors (Lipinski definition) is 2. The maximum absolute atomic E-state index is 12.3. The van der Waals surface area contributed by atoms with Crippen LogP contribution in [0.2, 0.25) is 0 Å². The van der Waals surface area contributed by atoms with Gasteiger partial charge in [0.1, 0.15) is 0 Å².